The smallest absolute Gasteiger partial charge is 0.251 e. The molecule has 0 aliphatic heterocycles. The normalized spacial score (nSPS) is 12.2. The number of hydrogen-bond donors (Lipinski definition) is 1. The molecule has 0 bridgehead atoms. The molecule has 26 heavy (non-hydrogen) atoms. The van der Waals surface area contributed by atoms with Crippen LogP contribution in [0, 0.1) is 20.8 Å². The number of nitrogens with zero attached hydrogens (tertiary/aromatic N) is 4. The average molecular weight is 351 g/mol. The second-order valence-corrected chi connectivity index (χ2v) is 6.79. The van der Waals surface area contributed by atoms with Crippen LogP contribution >= 0.6 is 0 Å². The summed E-state index contributed by atoms with van der Waals surface area (Å²) in [4.78, 5) is 12.7. The summed E-state index contributed by atoms with van der Waals surface area (Å²) in [5.41, 5.74) is 5.89. The first-order valence-electron chi connectivity index (χ1n) is 8.74. The topological polar surface area (TPSA) is 64.7 Å². The highest BCUT2D eigenvalue weighted by Crippen LogP contribution is 2.17. The predicted octanol–water partition coefficient (Wildman–Crippen LogP) is 3.08. The summed E-state index contributed by atoms with van der Waals surface area (Å²) in [6.07, 6.45) is 1.81. The Morgan fingerprint density at radius 3 is 2.62 bits per heavy atom. The first kappa shape index (κ1) is 17.9. The zero-order valence-electron chi connectivity index (χ0n) is 15.9. The fourth-order valence-electron chi connectivity index (χ4n) is 3.12. The van der Waals surface area contributed by atoms with Gasteiger partial charge in [0, 0.05) is 29.6 Å². The first-order valence-corrected chi connectivity index (χ1v) is 8.74. The van der Waals surface area contributed by atoms with Crippen LogP contribution in [0.4, 0.5) is 0 Å². The van der Waals surface area contributed by atoms with E-state index in [2.05, 4.69) is 21.6 Å². The van der Waals surface area contributed by atoms with Gasteiger partial charge in [-0.3, -0.25) is 14.2 Å². The molecule has 0 saturated heterocycles. The van der Waals surface area contributed by atoms with E-state index in [0.29, 0.717) is 12.1 Å². The van der Waals surface area contributed by atoms with Gasteiger partial charge in [-0.25, -0.2) is 0 Å². The number of carbonyl (C=O) groups is 1. The summed E-state index contributed by atoms with van der Waals surface area (Å²) in [7, 11) is 1.90. The molecular formula is C20H25N5O. The van der Waals surface area contributed by atoms with Gasteiger partial charge < -0.3 is 5.32 Å². The maximum atomic E-state index is 12.7. The molecule has 6 nitrogen and oxygen atoms in total. The van der Waals surface area contributed by atoms with Crippen LogP contribution in [0.1, 0.15) is 51.5 Å². The number of benzene rings is 1. The highest BCUT2D eigenvalue weighted by atomic mass is 16.1. The van der Waals surface area contributed by atoms with Crippen molar-refractivity contribution >= 4 is 5.91 Å². The lowest BCUT2D eigenvalue weighted by molar-refractivity contribution is 0.0939. The fraction of sp³-hybridized carbons (Fsp3) is 0.350. The summed E-state index contributed by atoms with van der Waals surface area (Å²) < 4.78 is 3.76. The van der Waals surface area contributed by atoms with Gasteiger partial charge in [0.2, 0.25) is 0 Å². The molecule has 0 radical (unpaired) electrons. The molecule has 6 heteroatoms. The number of rotatable bonds is 5. The molecule has 1 aromatic carbocycles. The Balaban J connectivity index is 1.74. The van der Waals surface area contributed by atoms with Gasteiger partial charge in [0.1, 0.15) is 0 Å². The van der Waals surface area contributed by atoms with Gasteiger partial charge in [0.15, 0.2) is 0 Å². The van der Waals surface area contributed by atoms with E-state index in [0.717, 1.165) is 28.2 Å². The second kappa shape index (κ2) is 7.15. The SMILES string of the molecule is Cc1cc(C)n(Cc2cccc(C(=O)NC(C)c3cnn(C)c3C)c2)n1. The van der Waals surface area contributed by atoms with Crippen LogP contribution in [0.25, 0.3) is 0 Å². The number of nitrogens with one attached hydrogen (secondary N) is 1. The minimum atomic E-state index is -0.101. The Morgan fingerprint density at radius 1 is 1.23 bits per heavy atom. The Labute approximate surface area is 153 Å². The molecule has 1 atom stereocenters. The number of carbonyl (C=O) groups excluding carboxylic acids is 1. The second-order valence-electron chi connectivity index (χ2n) is 6.79. The van der Waals surface area contributed by atoms with Crippen molar-refractivity contribution in [2.45, 2.75) is 40.3 Å². The number of aromatic nitrogens is 4. The van der Waals surface area contributed by atoms with Crippen molar-refractivity contribution in [1.29, 1.82) is 0 Å². The molecule has 1 amide bonds. The molecule has 2 heterocycles. The third-order valence-electron chi connectivity index (χ3n) is 4.71. The van der Waals surface area contributed by atoms with Crippen LogP contribution in [0.5, 0.6) is 0 Å². The van der Waals surface area contributed by atoms with Crippen molar-refractivity contribution in [3.8, 4) is 0 Å². The molecular weight excluding hydrogens is 326 g/mol. The third kappa shape index (κ3) is 3.69. The summed E-state index contributed by atoms with van der Waals surface area (Å²) in [5, 5.41) is 11.8. The minimum absolute atomic E-state index is 0.0871. The van der Waals surface area contributed by atoms with Crippen molar-refractivity contribution in [3.05, 3.63) is 70.3 Å². The van der Waals surface area contributed by atoms with Crippen LogP contribution in [0.2, 0.25) is 0 Å². The van der Waals surface area contributed by atoms with Crippen LogP contribution in [-0.2, 0) is 13.6 Å². The van der Waals surface area contributed by atoms with E-state index in [9.17, 15) is 4.79 Å². The Hall–Kier alpha value is -2.89. The minimum Gasteiger partial charge on any atom is -0.345 e. The van der Waals surface area contributed by atoms with E-state index >= 15 is 0 Å². The monoisotopic (exact) mass is 351 g/mol. The molecule has 1 unspecified atom stereocenters. The summed E-state index contributed by atoms with van der Waals surface area (Å²) in [6.45, 7) is 8.64. The molecule has 3 aromatic rings. The van der Waals surface area contributed by atoms with Gasteiger partial charge in [-0.2, -0.15) is 10.2 Å². The van der Waals surface area contributed by atoms with Crippen LogP contribution in [0.3, 0.4) is 0 Å². The summed E-state index contributed by atoms with van der Waals surface area (Å²) >= 11 is 0. The van der Waals surface area contributed by atoms with E-state index < -0.39 is 0 Å². The zero-order chi connectivity index (χ0) is 18.8. The summed E-state index contributed by atoms with van der Waals surface area (Å²) in [6, 6.07) is 9.64. The zero-order valence-corrected chi connectivity index (χ0v) is 15.9. The highest BCUT2D eigenvalue weighted by Gasteiger charge is 2.16. The quantitative estimate of drug-likeness (QED) is 0.768. The van der Waals surface area contributed by atoms with E-state index in [1.54, 1.807) is 6.20 Å². The Morgan fingerprint density at radius 2 is 2.00 bits per heavy atom. The van der Waals surface area contributed by atoms with Gasteiger partial charge in [-0.15, -0.1) is 0 Å². The van der Waals surface area contributed by atoms with Crippen LogP contribution in [-0.4, -0.2) is 25.5 Å². The standard InChI is InChI=1S/C20H25N5O/c1-13-9-14(2)25(23-13)12-17-7-6-8-18(10-17)20(26)22-15(3)19-11-21-24(5)16(19)4/h6-11,15H,12H2,1-5H3,(H,22,26). The lowest BCUT2D eigenvalue weighted by atomic mass is 10.1. The van der Waals surface area contributed by atoms with Crippen molar-refractivity contribution in [1.82, 2.24) is 24.9 Å². The van der Waals surface area contributed by atoms with E-state index in [4.69, 9.17) is 0 Å². The largest absolute Gasteiger partial charge is 0.345 e. The van der Waals surface area contributed by atoms with Crippen molar-refractivity contribution < 1.29 is 4.79 Å². The third-order valence-corrected chi connectivity index (χ3v) is 4.71. The van der Waals surface area contributed by atoms with Gasteiger partial charge >= 0.3 is 0 Å². The molecule has 0 fully saturated rings. The predicted molar refractivity (Wildman–Crippen MR) is 101 cm³/mol. The molecule has 0 aliphatic carbocycles. The lowest BCUT2D eigenvalue weighted by Gasteiger charge is -2.14. The van der Waals surface area contributed by atoms with Crippen molar-refractivity contribution in [2.75, 3.05) is 0 Å². The molecule has 3 rings (SSSR count). The molecule has 136 valence electrons. The Bertz CT molecular complexity index is 938. The van der Waals surface area contributed by atoms with Crippen LogP contribution in [0.15, 0.2) is 36.5 Å². The van der Waals surface area contributed by atoms with Gasteiger partial charge in [-0.1, -0.05) is 12.1 Å². The number of aryl methyl sites for hydroxylation is 3. The maximum absolute atomic E-state index is 12.7. The number of amides is 1. The average Bonchev–Trinajstić information content (AvgIpc) is 3.09. The summed E-state index contributed by atoms with van der Waals surface area (Å²) in [5.74, 6) is -0.0871. The van der Waals surface area contributed by atoms with Gasteiger partial charge in [0.25, 0.3) is 5.91 Å². The van der Waals surface area contributed by atoms with Gasteiger partial charge in [-0.05, 0) is 51.5 Å². The van der Waals surface area contributed by atoms with Crippen LogP contribution < -0.4 is 5.32 Å². The molecule has 0 saturated carbocycles. The fourth-order valence-corrected chi connectivity index (χ4v) is 3.12. The molecule has 0 spiro atoms. The van der Waals surface area contributed by atoms with E-state index in [1.165, 1.54) is 0 Å². The van der Waals surface area contributed by atoms with Gasteiger partial charge in [0.05, 0.1) is 24.5 Å². The molecule has 1 N–H and O–H groups in total. The van der Waals surface area contributed by atoms with Crippen molar-refractivity contribution in [2.24, 2.45) is 7.05 Å². The van der Waals surface area contributed by atoms with E-state index in [-0.39, 0.29) is 11.9 Å². The lowest BCUT2D eigenvalue weighted by Crippen LogP contribution is -2.27. The molecule has 2 aromatic heterocycles. The first-order chi connectivity index (χ1) is 12.3. The maximum Gasteiger partial charge on any atom is 0.251 e. The van der Waals surface area contributed by atoms with Crippen molar-refractivity contribution in [3.63, 3.8) is 0 Å². The number of hydrogen-bond acceptors (Lipinski definition) is 3. The van der Waals surface area contributed by atoms with E-state index in [1.807, 2.05) is 68.4 Å². The Kier molecular flexibility index (Phi) is 4.93. The molecule has 0 aliphatic rings. The highest BCUT2D eigenvalue weighted by molar-refractivity contribution is 5.94.